The monoisotopic (exact) mass is 359 g/mol. The zero-order chi connectivity index (χ0) is 19.3. The van der Waals surface area contributed by atoms with Crippen LogP contribution in [0.3, 0.4) is 0 Å². The van der Waals surface area contributed by atoms with E-state index in [1.807, 2.05) is 0 Å². The number of ether oxygens (including phenoxy) is 1. The van der Waals surface area contributed by atoms with Crippen LogP contribution in [0.4, 0.5) is 5.69 Å². The topological polar surface area (TPSA) is 127 Å². The average molecular weight is 359 g/mol. The van der Waals surface area contributed by atoms with Crippen molar-refractivity contribution >= 4 is 17.6 Å². The van der Waals surface area contributed by atoms with Crippen molar-refractivity contribution in [3.05, 3.63) is 69.8 Å². The van der Waals surface area contributed by atoms with Crippen LogP contribution in [0.1, 0.15) is 17.0 Å². The number of methoxy groups -OCH3 is 1. The predicted octanol–water partition coefficient (Wildman–Crippen LogP) is 2.72. The number of nitro groups is 1. The number of carboxylic acid groups (broad SMARTS) is 2. The molecule has 0 aromatic heterocycles. The van der Waals surface area contributed by atoms with Crippen molar-refractivity contribution in [3.63, 3.8) is 0 Å². The van der Waals surface area contributed by atoms with Crippen molar-refractivity contribution in [2.45, 2.75) is 12.3 Å². The lowest BCUT2D eigenvalue weighted by molar-refractivity contribution is -0.385. The summed E-state index contributed by atoms with van der Waals surface area (Å²) in [6.45, 7) is 0. The summed E-state index contributed by atoms with van der Waals surface area (Å²) in [5.41, 5.74) is 0.533. The first-order valence-electron chi connectivity index (χ1n) is 7.67. The Kier molecular flexibility index (Phi) is 5.90. The molecule has 8 heteroatoms. The van der Waals surface area contributed by atoms with Gasteiger partial charge in [-0.15, -0.1) is 0 Å². The second-order valence-corrected chi connectivity index (χ2v) is 5.62. The molecule has 0 heterocycles. The fourth-order valence-corrected chi connectivity index (χ4v) is 2.83. The normalized spacial score (nSPS) is 11.8. The first-order valence-corrected chi connectivity index (χ1v) is 7.67. The van der Waals surface area contributed by atoms with Gasteiger partial charge in [0.15, 0.2) is 5.92 Å². The lowest BCUT2D eigenvalue weighted by atomic mass is 9.81. The Labute approximate surface area is 148 Å². The van der Waals surface area contributed by atoms with Gasteiger partial charge in [-0.2, -0.15) is 0 Å². The van der Waals surface area contributed by atoms with Gasteiger partial charge in [0.1, 0.15) is 5.75 Å². The SMILES string of the molecule is COc1ccc(C(Cc2ccccc2[N+](=O)[O-])C(C(=O)O)C(=O)O)cc1. The summed E-state index contributed by atoms with van der Waals surface area (Å²) in [4.78, 5) is 33.7. The van der Waals surface area contributed by atoms with E-state index in [1.165, 1.54) is 25.3 Å². The van der Waals surface area contributed by atoms with Crippen LogP contribution < -0.4 is 4.74 Å². The molecule has 0 saturated heterocycles. The number of carboxylic acids is 2. The van der Waals surface area contributed by atoms with Gasteiger partial charge in [-0.05, 0) is 24.1 Å². The largest absolute Gasteiger partial charge is 0.497 e. The van der Waals surface area contributed by atoms with Crippen molar-refractivity contribution in [2.75, 3.05) is 7.11 Å². The number of para-hydroxylation sites is 1. The molecular weight excluding hydrogens is 342 g/mol. The molecule has 0 aliphatic rings. The highest BCUT2D eigenvalue weighted by Gasteiger charge is 2.37. The number of nitro benzene ring substituents is 1. The molecule has 1 atom stereocenters. The van der Waals surface area contributed by atoms with Crippen molar-refractivity contribution in [1.29, 1.82) is 0 Å². The van der Waals surface area contributed by atoms with Gasteiger partial charge in [0.25, 0.3) is 5.69 Å². The van der Waals surface area contributed by atoms with Gasteiger partial charge in [0, 0.05) is 17.5 Å². The molecule has 2 N–H and O–H groups in total. The van der Waals surface area contributed by atoms with Crippen LogP contribution in [0, 0.1) is 16.0 Å². The molecule has 0 bridgehead atoms. The second kappa shape index (κ2) is 8.11. The Balaban J connectivity index is 2.51. The lowest BCUT2D eigenvalue weighted by Crippen LogP contribution is -2.31. The number of carbonyl (C=O) groups is 2. The number of aliphatic carboxylic acids is 2. The van der Waals surface area contributed by atoms with Gasteiger partial charge >= 0.3 is 11.9 Å². The molecule has 0 saturated carbocycles. The number of benzene rings is 2. The molecule has 0 spiro atoms. The van der Waals surface area contributed by atoms with Crippen molar-refractivity contribution in [2.24, 2.45) is 5.92 Å². The highest BCUT2D eigenvalue weighted by Crippen LogP contribution is 2.33. The summed E-state index contributed by atoms with van der Waals surface area (Å²) in [5, 5.41) is 30.0. The van der Waals surface area contributed by atoms with Gasteiger partial charge < -0.3 is 14.9 Å². The zero-order valence-electron chi connectivity index (χ0n) is 13.9. The molecule has 26 heavy (non-hydrogen) atoms. The van der Waals surface area contributed by atoms with E-state index < -0.39 is 28.7 Å². The van der Waals surface area contributed by atoms with E-state index >= 15 is 0 Å². The van der Waals surface area contributed by atoms with Gasteiger partial charge in [0.2, 0.25) is 0 Å². The Morgan fingerprint density at radius 3 is 2.15 bits per heavy atom. The summed E-state index contributed by atoms with van der Waals surface area (Å²) >= 11 is 0. The number of nitrogens with zero attached hydrogens (tertiary/aromatic N) is 1. The minimum atomic E-state index is -1.75. The van der Waals surface area contributed by atoms with E-state index in [0.29, 0.717) is 11.3 Å². The molecule has 8 nitrogen and oxygen atoms in total. The third-order valence-electron chi connectivity index (χ3n) is 4.11. The van der Waals surface area contributed by atoms with E-state index in [-0.39, 0.29) is 17.7 Å². The first kappa shape index (κ1) is 18.9. The van der Waals surface area contributed by atoms with E-state index in [9.17, 15) is 29.9 Å². The van der Waals surface area contributed by atoms with Gasteiger partial charge in [-0.1, -0.05) is 30.3 Å². The predicted molar refractivity (Wildman–Crippen MR) is 91.3 cm³/mol. The van der Waals surface area contributed by atoms with Crippen LogP contribution in [0.25, 0.3) is 0 Å². The smallest absolute Gasteiger partial charge is 0.318 e. The highest BCUT2D eigenvalue weighted by molar-refractivity contribution is 5.94. The molecule has 0 fully saturated rings. The summed E-state index contributed by atoms with van der Waals surface area (Å²) < 4.78 is 5.05. The van der Waals surface area contributed by atoms with Crippen LogP contribution >= 0.6 is 0 Å². The molecule has 0 aliphatic carbocycles. The van der Waals surface area contributed by atoms with Crippen LogP contribution in [-0.2, 0) is 16.0 Å². The summed E-state index contributed by atoms with van der Waals surface area (Å²) in [6, 6.07) is 12.2. The molecule has 2 rings (SSSR count). The number of rotatable bonds is 8. The van der Waals surface area contributed by atoms with E-state index in [1.54, 1.807) is 30.3 Å². The molecule has 2 aromatic rings. The van der Waals surface area contributed by atoms with Crippen molar-refractivity contribution in [1.82, 2.24) is 0 Å². The molecule has 1 unspecified atom stereocenters. The number of hydrogen-bond donors (Lipinski definition) is 2. The quantitative estimate of drug-likeness (QED) is 0.421. The minimum Gasteiger partial charge on any atom is -0.497 e. The van der Waals surface area contributed by atoms with E-state index in [4.69, 9.17) is 4.74 Å². The second-order valence-electron chi connectivity index (χ2n) is 5.62. The Morgan fingerprint density at radius 1 is 1.08 bits per heavy atom. The Morgan fingerprint density at radius 2 is 1.65 bits per heavy atom. The van der Waals surface area contributed by atoms with Crippen LogP contribution in [-0.4, -0.2) is 34.2 Å². The molecule has 0 amide bonds. The zero-order valence-corrected chi connectivity index (χ0v) is 13.9. The average Bonchev–Trinajstić information content (AvgIpc) is 2.61. The van der Waals surface area contributed by atoms with Crippen molar-refractivity contribution in [3.8, 4) is 5.75 Å². The number of hydrogen-bond acceptors (Lipinski definition) is 5. The molecule has 0 aliphatic heterocycles. The standard InChI is InChI=1S/C18H17NO7/c1-26-13-8-6-11(7-9-13)14(16(17(20)21)18(22)23)10-12-4-2-3-5-15(12)19(24)25/h2-9,14,16H,10H2,1H3,(H,20,21)(H,22,23). The van der Waals surface area contributed by atoms with Crippen LogP contribution in [0.15, 0.2) is 48.5 Å². The maximum absolute atomic E-state index is 11.5. The molecule has 0 radical (unpaired) electrons. The Hall–Kier alpha value is -3.42. The maximum Gasteiger partial charge on any atom is 0.318 e. The molecule has 2 aromatic carbocycles. The molecule has 136 valence electrons. The van der Waals surface area contributed by atoms with E-state index in [0.717, 1.165) is 0 Å². The third-order valence-corrected chi connectivity index (χ3v) is 4.11. The van der Waals surface area contributed by atoms with Crippen LogP contribution in [0.2, 0.25) is 0 Å². The molecular formula is C18H17NO7. The van der Waals surface area contributed by atoms with Gasteiger partial charge in [-0.25, -0.2) is 0 Å². The minimum absolute atomic E-state index is 0.104. The third kappa shape index (κ3) is 4.15. The summed E-state index contributed by atoms with van der Waals surface area (Å²) in [6.07, 6.45) is -0.104. The lowest BCUT2D eigenvalue weighted by Gasteiger charge is -2.22. The summed E-state index contributed by atoms with van der Waals surface area (Å²) in [7, 11) is 1.47. The summed E-state index contributed by atoms with van der Waals surface area (Å²) in [5.74, 6) is -5.21. The maximum atomic E-state index is 11.5. The van der Waals surface area contributed by atoms with Crippen molar-refractivity contribution < 1.29 is 29.5 Å². The van der Waals surface area contributed by atoms with Crippen LogP contribution in [0.5, 0.6) is 5.75 Å². The highest BCUT2D eigenvalue weighted by atomic mass is 16.6. The fourth-order valence-electron chi connectivity index (χ4n) is 2.83. The van der Waals surface area contributed by atoms with Gasteiger partial charge in [0.05, 0.1) is 12.0 Å². The van der Waals surface area contributed by atoms with E-state index in [2.05, 4.69) is 0 Å². The Bertz CT molecular complexity index is 803. The first-order chi connectivity index (χ1) is 12.3. The van der Waals surface area contributed by atoms with Gasteiger partial charge in [-0.3, -0.25) is 19.7 Å². The fraction of sp³-hybridized carbons (Fsp3) is 0.222.